The summed E-state index contributed by atoms with van der Waals surface area (Å²) in [5, 5.41) is 0. The molecule has 4 heteroatoms. The molecule has 0 aliphatic heterocycles. The van der Waals surface area contributed by atoms with E-state index in [0.29, 0.717) is 25.0 Å². The standard InChI is InChI=1S/C16H17BrFNO/c17-13-6-7-16(18)12(10-13)11-14(19)8-9-20-15-4-2-1-3-5-15/h1-7,10,14H,8-9,11,19H2. The second kappa shape index (κ2) is 7.41. The van der Waals surface area contributed by atoms with Gasteiger partial charge in [0.2, 0.25) is 0 Å². The van der Waals surface area contributed by atoms with E-state index >= 15 is 0 Å². The minimum Gasteiger partial charge on any atom is -0.494 e. The Morgan fingerprint density at radius 2 is 1.90 bits per heavy atom. The molecule has 2 aromatic rings. The third kappa shape index (κ3) is 4.62. The summed E-state index contributed by atoms with van der Waals surface area (Å²) in [6.07, 6.45) is 1.18. The second-order valence-electron chi connectivity index (χ2n) is 4.65. The van der Waals surface area contributed by atoms with Gasteiger partial charge < -0.3 is 10.5 Å². The first-order chi connectivity index (χ1) is 9.65. The van der Waals surface area contributed by atoms with Crippen LogP contribution in [0, 0.1) is 5.82 Å². The Bertz CT molecular complexity index is 547. The maximum absolute atomic E-state index is 13.6. The summed E-state index contributed by atoms with van der Waals surface area (Å²) in [7, 11) is 0. The van der Waals surface area contributed by atoms with E-state index in [-0.39, 0.29) is 11.9 Å². The van der Waals surface area contributed by atoms with Gasteiger partial charge in [0.1, 0.15) is 11.6 Å². The normalized spacial score (nSPS) is 12.2. The third-order valence-electron chi connectivity index (χ3n) is 2.99. The Hall–Kier alpha value is -1.39. The Labute approximate surface area is 126 Å². The summed E-state index contributed by atoms with van der Waals surface area (Å²) < 4.78 is 20.1. The number of benzene rings is 2. The van der Waals surface area contributed by atoms with Crippen molar-refractivity contribution in [2.24, 2.45) is 5.73 Å². The highest BCUT2D eigenvalue weighted by Gasteiger charge is 2.09. The first-order valence-corrected chi connectivity index (χ1v) is 7.32. The molecule has 1 unspecified atom stereocenters. The van der Waals surface area contributed by atoms with Gasteiger partial charge in [0, 0.05) is 10.5 Å². The van der Waals surface area contributed by atoms with Gasteiger partial charge >= 0.3 is 0 Å². The zero-order valence-electron chi connectivity index (χ0n) is 11.1. The molecule has 0 aliphatic carbocycles. The van der Waals surface area contributed by atoms with E-state index in [4.69, 9.17) is 10.5 Å². The van der Waals surface area contributed by atoms with Crippen LogP contribution in [0.5, 0.6) is 5.75 Å². The van der Waals surface area contributed by atoms with Crippen molar-refractivity contribution in [2.45, 2.75) is 18.9 Å². The monoisotopic (exact) mass is 337 g/mol. The molecule has 0 amide bonds. The van der Waals surface area contributed by atoms with Gasteiger partial charge in [-0.25, -0.2) is 4.39 Å². The van der Waals surface area contributed by atoms with Crippen molar-refractivity contribution in [3.8, 4) is 5.75 Å². The lowest BCUT2D eigenvalue weighted by Crippen LogP contribution is -2.25. The molecule has 0 aromatic heterocycles. The number of nitrogens with two attached hydrogens (primary N) is 1. The largest absolute Gasteiger partial charge is 0.494 e. The highest BCUT2D eigenvalue weighted by atomic mass is 79.9. The topological polar surface area (TPSA) is 35.2 Å². The number of para-hydroxylation sites is 1. The molecule has 0 saturated carbocycles. The molecule has 2 aromatic carbocycles. The van der Waals surface area contributed by atoms with E-state index < -0.39 is 0 Å². The maximum Gasteiger partial charge on any atom is 0.126 e. The molecule has 0 heterocycles. The van der Waals surface area contributed by atoms with E-state index in [1.165, 1.54) is 6.07 Å². The Kier molecular flexibility index (Phi) is 5.56. The van der Waals surface area contributed by atoms with Crippen molar-refractivity contribution >= 4 is 15.9 Å². The van der Waals surface area contributed by atoms with Crippen LogP contribution in [0.4, 0.5) is 4.39 Å². The van der Waals surface area contributed by atoms with Gasteiger partial charge in [-0.05, 0) is 48.7 Å². The molecule has 0 fully saturated rings. The molecule has 0 saturated heterocycles. The van der Waals surface area contributed by atoms with Crippen molar-refractivity contribution in [1.29, 1.82) is 0 Å². The summed E-state index contributed by atoms with van der Waals surface area (Å²) in [5.74, 6) is 0.612. The Balaban J connectivity index is 1.80. The van der Waals surface area contributed by atoms with Crippen LogP contribution in [0.15, 0.2) is 53.0 Å². The van der Waals surface area contributed by atoms with E-state index in [2.05, 4.69) is 15.9 Å². The SMILES string of the molecule is NC(CCOc1ccccc1)Cc1cc(Br)ccc1F. The molecular weight excluding hydrogens is 321 g/mol. The summed E-state index contributed by atoms with van der Waals surface area (Å²) in [6, 6.07) is 14.4. The summed E-state index contributed by atoms with van der Waals surface area (Å²) in [4.78, 5) is 0. The predicted octanol–water partition coefficient (Wildman–Crippen LogP) is 3.93. The number of hydrogen-bond donors (Lipinski definition) is 1. The average molecular weight is 338 g/mol. The minimum absolute atomic E-state index is 0.123. The molecular formula is C16H17BrFNO. The predicted molar refractivity (Wildman–Crippen MR) is 82.3 cm³/mol. The van der Waals surface area contributed by atoms with Crippen molar-refractivity contribution < 1.29 is 9.13 Å². The second-order valence-corrected chi connectivity index (χ2v) is 5.57. The van der Waals surface area contributed by atoms with Gasteiger partial charge in [0.25, 0.3) is 0 Å². The number of ether oxygens (including phenoxy) is 1. The van der Waals surface area contributed by atoms with Crippen molar-refractivity contribution in [3.05, 3.63) is 64.4 Å². The average Bonchev–Trinajstić information content (AvgIpc) is 2.44. The fourth-order valence-corrected chi connectivity index (χ4v) is 2.34. The van der Waals surface area contributed by atoms with Gasteiger partial charge in [-0.2, -0.15) is 0 Å². The van der Waals surface area contributed by atoms with E-state index in [1.54, 1.807) is 12.1 Å². The fraction of sp³-hybridized carbons (Fsp3) is 0.250. The molecule has 2 nitrogen and oxygen atoms in total. The molecule has 2 N–H and O–H groups in total. The lowest BCUT2D eigenvalue weighted by atomic mass is 10.0. The zero-order chi connectivity index (χ0) is 14.4. The highest BCUT2D eigenvalue weighted by Crippen LogP contribution is 2.17. The van der Waals surface area contributed by atoms with Crippen molar-refractivity contribution in [3.63, 3.8) is 0 Å². The number of halogens is 2. The highest BCUT2D eigenvalue weighted by molar-refractivity contribution is 9.10. The minimum atomic E-state index is -0.215. The molecule has 0 bridgehead atoms. The van der Waals surface area contributed by atoms with Crippen LogP contribution in [-0.4, -0.2) is 12.6 Å². The first kappa shape index (κ1) is 15.0. The molecule has 0 radical (unpaired) electrons. The van der Waals surface area contributed by atoms with Crippen molar-refractivity contribution in [2.75, 3.05) is 6.61 Å². The molecule has 20 heavy (non-hydrogen) atoms. The summed E-state index contributed by atoms with van der Waals surface area (Å²) in [6.45, 7) is 0.529. The van der Waals surface area contributed by atoms with Gasteiger partial charge in [-0.3, -0.25) is 0 Å². The maximum atomic E-state index is 13.6. The third-order valence-corrected chi connectivity index (χ3v) is 3.48. The van der Waals surface area contributed by atoms with E-state index in [0.717, 1.165) is 10.2 Å². The zero-order valence-corrected chi connectivity index (χ0v) is 12.6. The van der Waals surface area contributed by atoms with Crippen LogP contribution in [0.2, 0.25) is 0 Å². The van der Waals surface area contributed by atoms with Crippen molar-refractivity contribution in [1.82, 2.24) is 0 Å². The van der Waals surface area contributed by atoms with Gasteiger partial charge in [0.15, 0.2) is 0 Å². The lowest BCUT2D eigenvalue weighted by molar-refractivity contribution is 0.297. The lowest BCUT2D eigenvalue weighted by Gasteiger charge is -2.13. The Morgan fingerprint density at radius 3 is 2.65 bits per heavy atom. The molecule has 0 spiro atoms. The first-order valence-electron chi connectivity index (χ1n) is 6.52. The Morgan fingerprint density at radius 1 is 1.15 bits per heavy atom. The van der Waals surface area contributed by atoms with Crippen LogP contribution in [0.3, 0.4) is 0 Å². The molecule has 2 rings (SSSR count). The van der Waals surface area contributed by atoms with Gasteiger partial charge in [-0.15, -0.1) is 0 Å². The van der Waals surface area contributed by atoms with Gasteiger partial charge in [0.05, 0.1) is 6.61 Å². The fourth-order valence-electron chi connectivity index (χ4n) is 1.93. The molecule has 106 valence electrons. The van der Waals surface area contributed by atoms with Crippen LogP contribution < -0.4 is 10.5 Å². The summed E-state index contributed by atoms with van der Waals surface area (Å²) >= 11 is 3.34. The molecule has 1 atom stereocenters. The van der Waals surface area contributed by atoms with E-state index in [1.807, 2.05) is 30.3 Å². The summed E-state index contributed by atoms with van der Waals surface area (Å²) in [5.41, 5.74) is 6.66. The van der Waals surface area contributed by atoms with E-state index in [9.17, 15) is 4.39 Å². The quantitative estimate of drug-likeness (QED) is 0.866. The van der Waals surface area contributed by atoms with Gasteiger partial charge in [-0.1, -0.05) is 34.1 Å². The van der Waals surface area contributed by atoms with Crippen LogP contribution in [-0.2, 0) is 6.42 Å². The van der Waals surface area contributed by atoms with Crippen LogP contribution >= 0.6 is 15.9 Å². The number of rotatable bonds is 6. The molecule has 0 aliphatic rings. The van der Waals surface area contributed by atoms with Crippen LogP contribution in [0.25, 0.3) is 0 Å². The van der Waals surface area contributed by atoms with Crippen LogP contribution in [0.1, 0.15) is 12.0 Å². The number of hydrogen-bond acceptors (Lipinski definition) is 2. The smallest absolute Gasteiger partial charge is 0.126 e.